The Labute approximate surface area is 136 Å². The molecule has 1 atom stereocenters. The number of amides is 1. The average molecular weight is 331 g/mol. The highest BCUT2D eigenvalue weighted by atomic mass is 16.4. The maximum Gasteiger partial charge on any atom is 0.326 e. The van der Waals surface area contributed by atoms with Gasteiger partial charge in [0.1, 0.15) is 6.04 Å². The van der Waals surface area contributed by atoms with Gasteiger partial charge in [-0.15, -0.1) is 0 Å². The lowest BCUT2D eigenvalue weighted by Gasteiger charge is -2.14. The summed E-state index contributed by atoms with van der Waals surface area (Å²) in [5.74, 6) is -1.54. The molecule has 0 radical (unpaired) electrons. The van der Waals surface area contributed by atoms with E-state index in [0.717, 1.165) is 17.5 Å². The summed E-state index contributed by atoms with van der Waals surface area (Å²) in [6.07, 6.45) is 1.48. The molecule has 1 aromatic heterocycles. The first-order valence-corrected chi connectivity index (χ1v) is 7.71. The molecule has 126 valence electrons. The van der Waals surface area contributed by atoms with Gasteiger partial charge in [0.05, 0.1) is 17.3 Å². The van der Waals surface area contributed by atoms with Crippen LogP contribution in [0.25, 0.3) is 10.8 Å². The number of aliphatic carboxylic acids is 1. The topological polar surface area (TPSA) is 121 Å². The van der Waals surface area contributed by atoms with Crippen molar-refractivity contribution in [2.75, 3.05) is 0 Å². The highest BCUT2D eigenvalue weighted by Crippen LogP contribution is 2.32. The quantitative estimate of drug-likeness (QED) is 0.691. The van der Waals surface area contributed by atoms with Gasteiger partial charge in [-0.2, -0.15) is 0 Å². The number of hydrogen-bond donors (Lipinski definition) is 3. The molecular formula is C16H17N3O5. The Morgan fingerprint density at radius 2 is 1.92 bits per heavy atom. The number of carboxylic acid groups (broad SMARTS) is 1. The SMILES string of the molecule is O=C(CCn1[nH]c(=O)c2ccccc2c1=O)NC(C(=O)O)C1CC1. The number of nitrogens with zero attached hydrogens (tertiary/aromatic N) is 1. The normalized spacial score (nSPS) is 15.2. The van der Waals surface area contributed by atoms with Crippen LogP contribution in [0.3, 0.4) is 0 Å². The van der Waals surface area contributed by atoms with Gasteiger partial charge in [-0.3, -0.25) is 19.5 Å². The summed E-state index contributed by atoms with van der Waals surface area (Å²) in [6, 6.07) is 5.55. The second kappa shape index (κ2) is 6.31. The van der Waals surface area contributed by atoms with Crippen LogP contribution in [0.1, 0.15) is 19.3 Å². The Balaban J connectivity index is 1.72. The van der Waals surface area contributed by atoms with E-state index in [4.69, 9.17) is 5.11 Å². The molecule has 1 aliphatic carbocycles. The van der Waals surface area contributed by atoms with Crippen LogP contribution in [0.2, 0.25) is 0 Å². The van der Waals surface area contributed by atoms with E-state index >= 15 is 0 Å². The van der Waals surface area contributed by atoms with Gasteiger partial charge in [0, 0.05) is 6.42 Å². The molecule has 2 aromatic rings. The van der Waals surface area contributed by atoms with E-state index in [1.54, 1.807) is 24.3 Å². The summed E-state index contributed by atoms with van der Waals surface area (Å²) in [5, 5.41) is 14.6. The van der Waals surface area contributed by atoms with Crippen molar-refractivity contribution in [3.8, 4) is 0 Å². The van der Waals surface area contributed by atoms with Crippen molar-refractivity contribution in [1.82, 2.24) is 15.1 Å². The Kier molecular flexibility index (Phi) is 4.20. The number of aromatic amines is 1. The summed E-state index contributed by atoms with van der Waals surface area (Å²) in [5.41, 5.74) is -0.804. The van der Waals surface area contributed by atoms with Crippen LogP contribution < -0.4 is 16.4 Å². The Morgan fingerprint density at radius 1 is 1.25 bits per heavy atom. The van der Waals surface area contributed by atoms with Gasteiger partial charge >= 0.3 is 5.97 Å². The molecule has 3 N–H and O–H groups in total. The maximum atomic E-state index is 12.3. The minimum atomic E-state index is -1.05. The van der Waals surface area contributed by atoms with Crippen LogP contribution in [0.15, 0.2) is 33.9 Å². The Bertz CT molecular complexity index is 910. The molecule has 0 saturated heterocycles. The van der Waals surface area contributed by atoms with Crippen LogP contribution >= 0.6 is 0 Å². The second-order valence-electron chi connectivity index (χ2n) is 5.91. The van der Waals surface area contributed by atoms with Gasteiger partial charge < -0.3 is 10.4 Å². The number of carbonyl (C=O) groups is 2. The molecule has 3 rings (SSSR count). The van der Waals surface area contributed by atoms with Crippen molar-refractivity contribution in [3.63, 3.8) is 0 Å². The molecule has 1 saturated carbocycles. The zero-order valence-corrected chi connectivity index (χ0v) is 12.8. The van der Waals surface area contributed by atoms with Crippen LogP contribution in [0, 0.1) is 5.92 Å². The van der Waals surface area contributed by atoms with Gasteiger partial charge in [-0.25, -0.2) is 9.48 Å². The largest absolute Gasteiger partial charge is 0.480 e. The predicted molar refractivity (Wildman–Crippen MR) is 85.7 cm³/mol. The number of hydrogen-bond acceptors (Lipinski definition) is 4. The monoisotopic (exact) mass is 331 g/mol. The highest BCUT2D eigenvalue weighted by molar-refractivity contribution is 5.84. The van der Waals surface area contributed by atoms with E-state index < -0.39 is 29.0 Å². The molecule has 8 heteroatoms. The third-order valence-corrected chi connectivity index (χ3v) is 4.12. The lowest BCUT2D eigenvalue weighted by molar-refractivity contribution is -0.142. The summed E-state index contributed by atoms with van der Waals surface area (Å²) in [7, 11) is 0. The molecule has 0 bridgehead atoms. The number of benzene rings is 1. The Morgan fingerprint density at radius 3 is 2.54 bits per heavy atom. The molecule has 1 fully saturated rings. The third-order valence-electron chi connectivity index (χ3n) is 4.12. The van der Waals surface area contributed by atoms with Crippen LogP contribution in [-0.2, 0) is 16.1 Å². The molecular weight excluding hydrogens is 314 g/mol. The molecule has 8 nitrogen and oxygen atoms in total. The van der Waals surface area contributed by atoms with E-state index in [-0.39, 0.29) is 24.3 Å². The molecule has 0 aliphatic heterocycles. The zero-order valence-electron chi connectivity index (χ0n) is 12.8. The van der Waals surface area contributed by atoms with Crippen molar-refractivity contribution in [2.45, 2.75) is 31.8 Å². The number of nitrogens with one attached hydrogen (secondary N) is 2. The van der Waals surface area contributed by atoms with Crippen molar-refractivity contribution in [1.29, 1.82) is 0 Å². The number of carboxylic acids is 1. The molecule has 1 unspecified atom stereocenters. The minimum Gasteiger partial charge on any atom is -0.480 e. The standard InChI is InChI=1S/C16H17N3O5/c20-12(17-13(16(23)24)9-5-6-9)7-8-19-15(22)11-4-2-1-3-10(11)14(21)18-19/h1-4,9,13H,5-8H2,(H,17,20)(H,18,21)(H,23,24). The zero-order chi connectivity index (χ0) is 17.3. The van der Waals surface area contributed by atoms with Crippen molar-refractivity contribution < 1.29 is 14.7 Å². The number of aryl methyl sites for hydroxylation is 1. The summed E-state index contributed by atoms with van der Waals surface area (Å²) < 4.78 is 1.08. The fourth-order valence-corrected chi connectivity index (χ4v) is 2.67. The van der Waals surface area contributed by atoms with E-state index in [1.165, 1.54) is 0 Å². The van der Waals surface area contributed by atoms with Crippen LogP contribution in [0.4, 0.5) is 0 Å². The summed E-state index contributed by atoms with van der Waals surface area (Å²) in [6.45, 7) is -0.0260. The average Bonchev–Trinajstić information content (AvgIpc) is 3.39. The van der Waals surface area contributed by atoms with E-state index in [9.17, 15) is 19.2 Å². The molecule has 1 amide bonds. The van der Waals surface area contributed by atoms with Crippen molar-refractivity contribution in [2.24, 2.45) is 5.92 Å². The van der Waals surface area contributed by atoms with E-state index in [0.29, 0.717) is 5.39 Å². The van der Waals surface area contributed by atoms with Crippen LogP contribution in [-0.4, -0.2) is 32.8 Å². The number of H-pyrrole nitrogens is 1. The van der Waals surface area contributed by atoms with Gasteiger partial charge in [0.2, 0.25) is 5.91 Å². The van der Waals surface area contributed by atoms with Gasteiger partial charge in [0.25, 0.3) is 11.1 Å². The molecule has 24 heavy (non-hydrogen) atoms. The van der Waals surface area contributed by atoms with Gasteiger partial charge in [0.15, 0.2) is 0 Å². The summed E-state index contributed by atoms with van der Waals surface area (Å²) in [4.78, 5) is 47.3. The first kappa shape index (κ1) is 16.0. The van der Waals surface area contributed by atoms with E-state index in [1.807, 2.05) is 0 Å². The number of carbonyl (C=O) groups excluding carboxylic acids is 1. The fourth-order valence-electron chi connectivity index (χ4n) is 2.67. The number of aromatic nitrogens is 2. The lowest BCUT2D eigenvalue weighted by atomic mass is 10.2. The minimum absolute atomic E-state index is 0.0188. The van der Waals surface area contributed by atoms with Crippen LogP contribution in [0.5, 0.6) is 0 Å². The predicted octanol–water partition coefficient (Wildman–Crippen LogP) is 0.0593. The first-order chi connectivity index (χ1) is 11.5. The van der Waals surface area contributed by atoms with Crippen molar-refractivity contribution >= 4 is 22.6 Å². The smallest absolute Gasteiger partial charge is 0.326 e. The number of fused-ring (bicyclic) bond motifs is 1. The molecule has 0 spiro atoms. The van der Waals surface area contributed by atoms with E-state index in [2.05, 4.69) is 10.4 Å². The molecule has 1 heterocycles. The maximum absolute atomic E-state index is 12.3. The fraction of sp³-hybridized carbons (Fsp3) is 0.375. The summed E-state index contributed by atoms with van der Waals surface area (Å²) >= 11 is 0. The second-order valence-corrected chi connectivity index (χ2v) is 5.91. The van der Waals surface area contributed by atoms with Gasteiger partial charge in [-0.05, 0) is 30.9 Å². The lowest BCUT2D eigenvalue weighted by Crippen LogP contribution is -2.43. The van der Waals surface area contributed by atoms with Gasteiger partial charge in [-0.1, -0.05) is 12.1 Å². The molecule has 1 aromatic carbocycles. The number of rotatable bonds is 6. The Hall–Kier alpha value is -2.90. The molecule has 1 aliphatic rings. The highest BCUT2D eigenvalue weighted by Gasteiger charge is 2.37. The third kappa shape index (κ3) is 3.22. The van der Waals surface area contributed by atoms with Crippen molar-refractivity contribution in [3.05, 3.63) is 45.0 Å². The first-order valence-electron chi connectivity index (χ1n) is 7.71.